The van der Waals surface area contributed by atoms with Gasteiger partial charge in [0.2, 0.25) is 0 Å². The summed E-state index contributed by atoms with van der Waals surface area (Å²) in [7, 11) is 0. The van der Waals surface area contributed by atoms with Gasteiger partial charge in [-0.05, 0) is 25.2 Å². The van der Waals surface area contributed by atoms with Gasteiger partial charge in [-0.1, -0.05) is 19.8 Å². The first-order valence-electron chi connectivity index (χ1n) is 6.73. The highest BCUT2D eigenvalue weighted by atomic mass is 32.1. The molecule has 2 rings (SSSR count). The number of rotatable bonds is 4. The number of hydrogen-bond acceptors (Lipinski definition) is 4. The molecular weight excluding hydrogens is 230 g/mol. The van der Waals surface area contributed by atoms with E-state index in [2.05, 4.69) is 16.8 Å². The van der Waals surface area contributed by atoms with Crippen molar-refractivity contribution < 1.29 is 0 Å². The van der Waals surface area contributed by atoms with Crippen LogP contribution in [0.5, 0.6) is 0 Å². The second-order valence-corrected chi connectivity index (χ2v) is 5.98. The van der Waals surface area contributed by atoms with Crippen LogP contribution in [0.3, 0.4) is 0 Å². The van der Waals surface area contributed by atoms with Gasteiger partial charge in [0.15, 0.2) is 5.13 Å². The normalized spacial score (nSPS) is 21.5. The summed E-state index contributed by atoms with van der Waals surface area (Å²) in [4.78, 5) is 8.12. The number of thiazole rings is 1. The van der Waals surface area contributed by atoms with Gasteiger partial charge in [-0.25, -0.2) is 4.98 Å². The Morgan fingerprint density at radius 2 is 2.35 bits per heavy atom. The van der Waals surface area contributed by atoms with Gasteiger partial charge in [-0.3, -0.25) is 0 Å². The molecule has 2 N–H and O–H groups in total. The van der Waals surface area contributed by atoms with Crippen molar-refractivity contribution in [2.24, 2.45) is 11.7 Å². The largest absolute Gasteiger partial charge is 0.348 e. The Kier molecular flexibility index (Phi) is 4.80. The van der Waals surface area contributed by atoms with Crippen LogP contribution in [-0.4, -0.2) is 18.1 Å². The lowest BCUT2D eigenvalue weighted by atomic mass is 9.96. The molecule has 96 valence electrons. The molecule has 0 aromatic carbocycles. The average molecular weight is 253 g/mol. The van der Waals surface area contributed by atoms with Gasteiger partial charge in [-0.2, -0.15) is 0 Å². The molecule has 0 spiro atoms. The first-order chi connectivity index (χ1) is 8.33. The van der Waals surface area contributed by atoms with Gasteiger partial charge in [0.05, 0.1) is 0 Å². The lowest BCUT2D eigenvalue weighted by Gasteiger charge is -2.19. The van der Waals surface area contributed by atoms with Crippen molar-refractivity contribution in [2.75, 3.05) is 18.0 Å². The van der Waals surface area contributed by atoms with Crippen molar-refractivity contribution in [3.8, 4) is 0 Å². The lowest BCUT2D eigenvalue weighted by Crippen LogP contribution is -2.23. The zero-order valence-corrected chi connectivity index (χ0v) is 11.5. The Bertz CT molecular complexity index is 337. The van der Waals surface area contributed by atoms with Crippen molar-refractivity contribution in [3.05, 3.63) is 11.1 Å². The van der Waals surface area contributed by atoms with Crippen LogP contribution in [0, 0.1) is 5.92 Å². The summed E-state index contributed by atoms with van der Waals surface area (Å²) in [5.74, 6) is 0.930. The van der Waals surface area contributed by atoms with Crippen LogP contribution in [0.2, 0.25) is 0 Å². The summed E-state index contributed by atoms with van der Waals surface area (Å²) in [6.07, 6.45) is 8.65. The number of nitrogens with two attached hydrogens (primary N) is 1. The quantitative estimate of drug-likeness (QED) is 0.897. The third-order valence-corrected chi connectivity index (χ3v) is 4.64. The molecule has 1 aromatic heterocycles. The van der Waals surface area contributed by atoms with E-state index >= 15 is 0 Å². The van der Waals surface area contributed by atoms with Crippen molar-refractivity contribution >= 4 is 16.5 Å². The maximum atomic E-state index is 5.64. The van der Waals surface area contributed by atoms with Gasteiger partial charge < -0.3 is 10.6 Å². The summed E-state index contributed by atoms with van der Waals surface area (Å²) < 4.78 is 0. The van der Waals surface area contributed by atoms with Crippen LogP contribution in [-0.2, 0) is 6.54 Å². The molecule has 0 saturated carbocycles. The van der Waals surface area contributed by atoms with E-state index in [1.54, 1.807) is 11.3 Å². The van der Waals surface area contributed by atoms with E-state index in [-0.39, 0.29) is 0 Å². The number of hydrogen-bond donors (Lipinski definition) is 1. The maximum Gasteiger partial charge on any atom is 0.185 e. The topological polar surface area (TPSA) is 42.2 Å². The first-order valence-corrected chi connectivity index (χ1v) is 7.54. The third kappa shape index (κ3) is 3.42. The van der Waals surface area contributed by atoms with Crippen LogP contribution in [0.15, 0.2) is 6.20 Å². The minimum Gasteiger partial charge on any atom is -0.348 e. The number of nitrogens with zero attached hydrogens (tertiary/aromatic N) is 2. The molecule has 1 aromatic rings. The van der Waals surface area contributed by atoms with Crippen LogP contribution in [0.1, 0.15) is 43.9 Å². The van der Waals surface area contributed by atoms with Gasteiger partial charge in [-0.15, -0.1) is 11.3 Å². The predicted molar refractivity (Wildman–Crippen MR) is 74.5 cm³/mol. The standard InChI is InChI=1S/C13H23N3S/c1-2-4-11-5-3-7-16(8-6-11)13-15-10-12(9-14)17-13/h10-11H,2-9,14H2,1H3. The van der Waals surface area contributed by atoms with E-state index < -0.39 is 0 Å². The highest BCUT2D eigenvalue weighted by Crippen LogP contribution is 2.28. The molecule has 3 nitrogen and oxygen atoms in total. The molecule has 1 atom stereocenters. The molecule has 1 aliphatic heterocycles. The fourth-order valence-electron chi connectivity index (χ4n) is 2.59. The van der Waals surface area contributed by atoms with Crippen molar-refractivity contribution in [1.82, 2.24) is 4.98 Å². The Labute approximate surface area is 108 Å². The highest BCUT2D eigenvalue weighted by Gasteiger charge is 2.18. The molecule has 2 heterocycles. The third-order valence-electron chi connectivity index (χ3n) is 3.56. The molecule has 0 aliphatic carbocycles. The first kappa shape index (κ1) is 12.8. The van der Waals surface area contributed by atoms with E-state index in [4.69, 9.17) is 5.73 Å². The maximum absolute atomic E-state index is 5.64. The zero-order valence-electron chi connectivity index (χ0n) is 10.7. The summed E-state index contributed by atoms with van der Waals surface area (Å²) in [6, 6.07) is 0. The molecule has 1 unspecified atom stereocenters. The van der Waals surface area contributed by atoms with Crippen molar-refractivity contribution in [3.63, 3.8) is 0 Å². The minimum atomic E-state index is 0.615. The molecule has 1 fully saturated rings. The number of aromatic nitrogens is 1. The van der Waals surface area contributed by atoms with E-state index in [1.165, 1.54) is 48.7 Å². The monoisotopic (exact) mass is 253 g/mol. The van der Waals surface area contributed by atoms with E-state index in [1.807, 2.05) is 6.20 Å². The Morgan fingerprint density at radius 1 is 1.47 bits per heavy atom. The van der Waals surface area contributed by atoms with Crippen molar-refractivity contribution in [2.45, 2.75) is 45.6 Å². The second-order valence-electron chi connectivity index (χ2n) is 4.89. The predicted octanol–water partition coefficient (Wildman–Crippen LogP) is 3.01. The molecule has 0 amide bonds. The van der Waals surface area contributed by atoms with Gasteiger partial charge in [0.25, 0.3) is 0 Å². The molecular formula is C13H23N3S. The van der Waals surface area contributed by atoms with Crippen LogP contribution < -0.4 is 10.6 Å². The van der Waals surface area contributed by atoms with E-state index in [0.29, 0.717) is 6.54 Å². The highest BCUT2D eigenvalue weighted by molar-refractivity contribution is 7.15. The van der Waals surface area contributed by atoms with Gasteiger partial charge >= 0.3 is 0 Å². The Hall–Kier alpha value is -0.610. The summed E-state index contributed by atoms with van der Waals surface area (Å²) in [5, 5.41) is 1.17. The average Bonchev–Trinajstić information content (AvgIpc) is 2.70. The van der Waals surface area contributed by atoms with E-state index in [9.17, 15) is 0 Å². The Morgan fingerprint density at radius 3 is 3.06 bits per heavy atom. The van der Waals surface area contributed by atoms with Gasteiger partial charge in [0.1, 0.15) is 0 Å². The molecule has 0 bridgehead atoms. The minimum absolute atomic E-state index is 0.615. The van der Waals surface area contributed by atoms with Gasteiger partial charge in [0, 0.05) is 30.7 Å². The van der Waals surface area contributed by atoms with Crippen molar-refractivity contribution in [1.29, 1.82) is 0 Å². The fraction of sp³-hybridized carbons (Fsp3) is 0.769. The smallest absolute Gasteiger partial charge is 0.185 e. The number of anilines is 1. The lowest BCUT2D eigenvalue weighted by molar-refractivity contribution is 0.435. The second kappa shape index (κ2) is 6.36. The molecule has 17 heavy (non-hydrogen) atoms. The zero-order chi connectivity index (χ0) is 12.1. The summed E-state index contributed by atoms with van der Waals surface area (Å²) >= 11 is 1.75. The molecule has 4 heteroatoms. The van der Waals surface area contributed by atoms with Crippen LogP contribution in [0.25, 0.3) is 0 Å². The SMILES string of the molecule is CCCC1CCCN(c2ncc(CN)s2)CC1. The van der Waals surface area contributed by atoms with Crippen LogP contribution in [0.4, 0.5) is 5.13 Å². The molecule has 1 saturated heterocycles. The summed E-state index contributed by atoms with van der Waals surface area (Å²) in [6.45, 7) is 5.24. The van der Waals surface area contributed by atoms with E-state index in [0.717, 1.165) is 12.5 Å². The van der Waals surface area contributed by atoms with Crippen LogP contribution >= 0.6 is 11.3 Å². The molecule has 0 radical (unpaired) electrons. The summed E-state index contributed by atoms with van der Waals surface area (Å²) in [5.41, 5.74) is 5.64. The fourth-order valence-corrected chi connectivity index (χ4v) is 3.43. The Balaban J connectivity index is 1.93. The molecule has 1 aliphatic rings.